The van der Waals surface area contributed by atoms with Gasteiger partial charge in [-0.05, 0) is 55.3 Å². The second-order valence-corrected chi connectivity index (χ2v) is 9.42. The van der Waals surface area contributed by atoms with Crippen molar-refractivity contribution in [3.05, 3.63) is 53.1 Å². The second kappa shape index (κ2) is 9.67. The van der Waals surface area contributed by atoms with Crippen LogP contribution in [0.1, 0.15) is 23.2 Å². The van der Waals surface area contributed by atoms with Crippen LogP contribution in [0.3, 0.4) is 0 Å². The molecule has 1 aliphatic rings. The van der Waals surface area contributed by atoms with Crippen molar-refractivity contribution < 1.29 is 27.5 Å². The fourth-order valence-corrected chi connectivity index (χ4v) is 5.05. The molecule has 3 rings (SSSR count). The van der Waals surface area contributed by atoms with Gasteiger partial charge in [0.1, 0.15) is 5.75 Å². The molecule has 31 heavy (non-hydrogen) atoms. The predicted molar refractivity (Wildman–Crippen MR) is 116 cm³/mol. The number of ether oxygens (including phenoxy) is 2. The van der Waals surface area contributed by atoms with Crippen LogP contribution in [0.4, 0.5) is 5.69 Å². The van der Waals surface area contributed by atoms with E-state index in [1.165, 1.54) is 48.9 Å². The number of amides is 1. The van der Waals surface area contributed by atoms with Gasteiger partial charge in [0.05, 0.1) is 36.3 Å². The highest BCUT2D eigenvalue weighted by atomic mass is 35.5. The molecule has 166 valence electrons. The summed E-state index contributed by atoms with van der Waals surface area (Å²) >= 11 is 5.85. The third-order valence-electron chi connectivity index (χ3n) is 5.10. The Bertz CT molecular complexity index is 1070. The van der Waals surface area contributed by atoms with E-state index in [1.54, 1.807) is 12.1 Å². The highest BCUT2D eigenvalue weighted by molar-refractivity contribution is 7.89. The Hall–Kier alpha value is -2.62. The molecular formula is C21H23ClN2O6S. The zero-order chi connectivity index (χ0) is 22.6. The van der Waals surface area contributed by atoms with Gasteiger partial charge < -0.3 is 14.8 Å². The number of benzene rings is 2. The van der Waals surface area contributed by atoms with Crippen molar-refractivity contribution in [2.75, 3.05) is 32.6 Å². The molecule has 2 aromatic rings. The number of piperidine rings is 1. The summed E-state index contributed by atoms with van der Waals surface area (Å²) in [6.45, 7) is 0.366. The van der Waals surface area contributed by atoms with Crippen LogP contribution < -0.4 is 10.1 Å². The molecule has 0 spiro atoms. The lowest BCUT2D eigenvalue weighted by atomic mass is 9.98. The first-order valence-electron chi connectivity index (χ1n) is 9.59. The van der Waals surface area contributed by atoms with Gasteiger partial charge in [0, 0.05) is 18.1 Å². The van der Waals surface area contributed by atoms with Crippen molar-refractivity contribution in [1.29, 1.82) is 0 Å². The standard InChI is InChI=1S/C21H23ClN2O6S/c1-29-16-7-10-19(18(12-16)21(26)30-2)23-20(25)14-4-3-11-24(13-14)31(27,28)17-8-5-15(22)6-9-17/h5-10,12,14H,3-4,11,13H2,1-2H3,(H,23,25). The zero-order valence-electron chi connectivity index (χ0n) is 17.1. The number of carbonyl (C=O) groups is 2. The number of rotatable bonds is 6. The van der Waals surface area contributed by atoms with E-state index >= 15 is 0 Å². The third kappa shape index (κ3) is 5.17. The Labute approximate surface area is 186 Å². The highest BCUT2D eigenvalue weighted by Crippen LogP contribution is 2.27. The molecule has 0 saturated carbocycles. The van der Waals surface area contributed by atoms with E-state index in [1.807, 2.05) is 0 Å². The van der Waals surface area contributed by atoms with Crippen LogP contribution in [0.5, 0.6) is 5.75 Å². The molecule has 8 nitrogen and oxygen atoms in total. The summed E-state index contributed by atoms with van der Waals surface area (Å²) in [6, 6.07) is 10.6. The Morgan fingerprint density at radius 1 is 1.13 bits per heavy atom. The smallest absolute Gasteiger partial charge is 0.340 e. The van der Waals surface area contributed by atoms with Crippen LogP contribution in [0.2, 0.25) is 5.02 Å². The SMILES string of the molecule is COC(=O)c1cc(OC)ccc1NC(=O)C1CCCN(S(=O)(=O)c2ccc(Cl)cc2)C1. The summed E-state index contributed by atoms with van der Waals surface area (Å²) < 4.78 is 37.1. The zero-order valence-corrected chi connectivity index (χ0v) is 18.7. The molecule has 1 atom stereocenters. The number of nitrogens with zero attached hydrogens (tertiary/aromatic N) is 1. The number of nitrogens with one attached hydrogen (secondary N) is 1. The van der Waals surface area contributed by atoms with Crippen molar-refractivity contribution in [2.24, 2.45) is 5.92 Å². The fraction of sp³-hybridized carbons (Fsp3) is 0.333. The van der Waals surface area contributed by atoms with Crippen LogP contribution in [0.15, 0.2) is 47.4 Å². The van der Waals surface area contributed by atoms with E-state index in [0.717, 1.165) is 0 Å². The van der Waals surface area contributed by atoms with Crippen LogP contribution in [0, 0.1) is 5.92 Å². The lowest BCUT2D eigenvalue weighted by Gasteiger charge is -2.31. The van der Waals surface area contributed by atoms with Gasteiger partial charge in [0.25, 0.3) is 0 Å². The summed E-state index contributed by atoms with van der Waals surface area (Å²) in [5, 5.41) is 3.17. The molecule has 10 heteroatoms. The van der Waals surface area contributed by atoms with Gasteiger partial charge in [-0.3, -0.25) is 4.79 Å². The minimum Gasteiger partial charge on any atom is -0.497 e. The average molecular weight is 467 g/mol. The maximum atomic E-state index is 13.0. The number of anilines is 1. The quantitative estimate of drug-likeness (QED) is 0.656. The molecule has 0 radical (unpaired) electrons. The number of sulfonamides is 1. The molecular weight excluding hydrogens is 444 g/mol. The van der Waals surface area contributed by atoms with Gasteiger partial charge in [0.2, 0.25) is 15.9 Å². The van der Waals surface area contributed by atoms with Crippen LogP contribution >= 0.6 is 11.6 Å². The minimum atomic E-state index is -3.75. The van der Waals surface area contributed by atoms with Crippen molar-refractivity contribution in [2.45, 2.75) is 17.7 Å². The van der Waals surface area contributed by atoms with Crippen molar-refractivity contribution in [3.63, 3.8) is 0 Å². The lowest BCUT2D eigenvalue weighted by molar-refractivity contribution is -0.120. The summed E-state index contributed by atoms with van der Waals surface area (Å²) in [6.07, 6.45) is 1.07. The van der Waals surface area contributed by atoms with E-state index in [0.29, 0.717) is 30.2 Å². The number of carbonyl (C=O) groups excluding carboxylic acids is 2. The predicted octanol–water partition coefficient (Wildman–Crippen LogP) is 3.17. The second-order valence-electron chi connectivity index (χ2n) is 7.05. The van der Waals surface area contributed by atoms with Crippen LogP contribution in [0.25, 0.3) is 0 Å². The molecule has 0 bridgehead atoms. The van der Waals surface area contributed by atoms with E-state index in [9.17, 15) is 18.0 Å². The first-order chi connectivity index (χ1) is 14.8. The third-order valence-corrected chi connectivity index (χ3v) is 7.23. The molecule has 1 fully saturated rings. The van der Waals surface area contributed by atoms with Gasteiger partial charge in [-0.15, -0.1) is 0 Å². The summed E-state index contributed by atoms with van der Waals surface area (Å²) in [5.41, 5.74) is 0.423. The number of hydrogen-bond donors (Lipinski definition) is 1. The Balaban J connectivity index is 1.77. The minimum absolute atomic E-state index is 0.0422. The molecule has 0 aromatic heterocycles. The first kappa shape index (κ1) is 23.1. The molecule has 2 aromatic carbocycles. The number of methoxy groups -OCH3 is 2. The highest BCUT2D eigenvalue weighted by Gasteiger charge is 2.33. The van der Waals surface area contributed by atoms with Gasteiger partial charge >= 0.3 is 5.97 Å². The Morgan fingerprint density at radius 3 is 2.48 bits per heavy atom. The van der Waals surface area contributed by atoms with E-state index in [2.05, 4.69) is 5.32 Å². The van der Waals surface area contributed by atoms with E-state index in [-0.39, 0.29) is 28.6 Å². The first-order valence-corrected chi connectivity index (χ1v) is 11.4. The van der Waals surface area contributed by atoms with Crippen molar-refractivity contribution in [3.8, 4) is 5.75 Å². The number of esters is 1. The molecule has 1 unspecified atom stereocenters. The van der Waals surface area contributed by atoms with Gasteiger partial charge in [-0.1, -0.05) is 11.6 Å². The van der Waals surface area contributed by atoms with Crippen LogP contribution in [-0.4, -0.2) is 51.9 Å². The fourth-order valence-electron chi connectivity index (χ4n) is 3.40. The van der Waals surface area contributed by atoms with E-state index < -0.39 is 21.9 Å². The van der Waals surface area contributed by atoms with Crippen molar-refractivity contribution >= 4 is 39.2 Å². The molecule has 1 aliphatic heterocycles. The summed E-state index contributed by atoms with van der Waals surface area (Å²) in [4.78, 5) is 25.1. The van der Waals surface area contributed by atoms with Gasteiger partial charge in [-0.2, -0.15) is 4.31 Å². The number of halogens is 1. The Morgan fingerprint density at radius 2 is 1.84 bits per heavy atom. The molecule has 0 aliphatic carbocycles. The largest absolute Gasteiger partial charge is 0.497 e. The van der Waals surface area contributed by atoms with Gasteiger partial charge in [0.15, 0.2) is 0 Å². The maximum absolute atomic E-state index is 13.0. The van der Waals surface area contributed by atoms with Crippen molar-refractivity contribution in [1.82, 2.24) is 4.31 Å². The van der Waals surface area contributed by atoms with Crippen LogP contribution in [-0.2, 0) is 19.6 Å². The van der Waals surface area contributed by atoms with Gasteiger partial charge in [-0.25, -0.2) is 13.2 Å². The lowest BCUT2D eigenvalue weighted by Crippen LogP contribution is -2.43. The molecule has 1 amide bonds. The topological polar surface area (TPSA) is 102 Å². The monoisotopic (exact) mass is 466 g/mol. The molecule has 1 heterocycles. The number of hydrogen-bond acceptors (Lipinski definition) is 6. The normalized spacial score (nSPS) is 17.1. The average Bonchev–Trinajstić information content (AvgIpc) is 2.79. The summed E-state index contributed by atoms with van der Waals surface area (Å²) in [7, 11) is -1.04. The maximum Gasteiger partial charge on any atom is 0.340 e. The molecule has 1 N–H and O–H groups in total. The van der Waals surface area contributed by atoms with E-state index in [4.69, 9.17) is 21.1 Å². The molecule has 1 saturated heterocycles. The Kier molecular flexibility index (Phi) is 7.19. The summed E-state index contributed by atoms with van der Waals surface area (Å²) in [5.74, 6) is -1.11.